The van der Waals surface area contributed by atoms with Crippen molar-refractivity contribution in [3.8, 4) is 0 Å². The zero-order chi connectivity index (χ0) is 17.7. The van der Waals surface area contributed by atoms with Crippen molar-refractivity contribution in [1.29, 1.82) is 0 Å². The quantitative estimate of drug-likeness (QED) is 0.401. The van der Waals surface area contributed by atoms with E-state index in [4.69, 9.17) is 10.5 Å². The highest BCUT2D eigenvalue weighted by Gasteiger charge is 2.34. The summed E-state index contributed by atoms with van der Waals surface area (Å²) in [5, 5.41) is 3.12. The van der Waals surface area contributed by atoms with E-state index in [2.05, 4.69) is 10.3 Å². The van der Waals surface area contributed by atoms with Gasteiger partial charge in [0.25, 0.3) is 0 Å². The van der Waals surface area contributed by atoms with Crippen LogP contribution in [0.3, 0.4) is 0 Å². The first kappa shape index (κ1) is 20.6. The van der Waals surface area contributed by atoms with Gasteiger partial charge < -0.3 is 15.8 Å². The molecule has 26 heavy (non-hydrogen) atoms. The summed E-state index contributed by atoms with van der Waals surface area (Å²) >= 11 is 0. The Morgan fingerprint density at radius 3 is 2.35 bits per heavy atom. The number of rotatable bonds is 4. The summed E-state index contributed by atoms with van der Waals surface area (Å²) < 4.78 is 18.8. The molecule has 1 aliphatic heterocycles. The molecule has 0 saturated carbocycles. The summed E-state index contributed by atoms with van der Waals surface area (Å²) in [4.78, 5) is 4.57. The maximum Gasteiger partial charge on any atom is 0.193 e. The van der Waals surface area contributed by atoms with Gasteiger partial charge in [0.2, 0.25) is 0 Å². The molecule has 2 aromatic rings. The van der Waals surface area contributed by atoms with E-state index >= 15 is 0 Å². The number of aliphatic imine (C=N–C) groups is 1. The summed E-state index contributed by atoms with van der Waals surface area (Å²) in [5.41, 5.74) is 9.10. The number of hydrogen-bond acceptors (Lipinski definition) is 2. The van der Waals surface area contributed by atoms with Crippen LogP contribution in [-0.2, 0) is 10.2 Å². The van der Waals surface area contributed by atoms with Crippen LogP contribution in [0.5, 0.6) is 0 Å². The van der Waals surface area contributed by atoms with E-state index in [1.165, 1.54) is 17.7 Å². The number of nitrogens with zero attached hydrogens (tertiary/aromatic N) is 1. The molecule has 3 N–H and O–H groups in total. The lowest BCUT2D eigenvalue weighted by molar-refractivity contribution is 0.0531. The van der Waals surface area contributed by atoms with Crippen molar-refractivity contribution in [3.05, 3.63) is 65.5 Å². The van der Waals surface area contributed by atoms with Crippen LogP contribution in [0.2, 0.25) is 0 Å². The van der Waals surface area contributed by atoms with Gasteiger partial charge in [-0.25, -0.2) is 4.39 Å². The SMILES string of the molecule is Cc1ccc(NC(N)=NCC2(c3ccc(F)cc3)CCOCC2)cc1.I. The average molecular weight is 469 g/mol. The lowest BCUT2D eigenvalue weighted by Gasteiger charge is -2.36. The molecular formula is C20H25FIN3O. The number of anilines is 1. The maximum atomic E-state index is 13.3. The number of nitrogens with two attached hydrogens (primary N) is 1. The largest absolute Gasteiger partial charge is 0.381 e. The Balaban J connectivity index is 0.00000243. The highest BCUT2D eigenvalue weighted by atomic mass is 127. The molecule has 0 atom stereocenters. The van der Waals surface area contributed by atoms with Gasteiger partial charge in [-0.2, -0.15) is 0 Å². The van der Waals surface area contributed by atoms with E-state index in [-0.39, 0.29) is 35.2 Å². The van der Waals surface area contributed by atoms with Gasteiger partial charge in [-0.05, 0) is 49.6 Å². The summed E-state index contributed by atoms with van der Waals surface area (Å²) in [7, 11) is 0. The van der Waals surface area contributed by atoms with Crippen molar-refractivity contribution in [2.45, 2.75) is 25.2 Å². The standard InChI is InChI=1S/C20H24FN3O.HI/c1-15-2-8-18(9-3-15)24-19(22)23-14-20(10-12-25-13-11-20)16-4-6-17(21)7-5-16;/h2-9H,10-14H2,1H3,(H3,22,23,24);1H. The minimum absolute atomic E-state index is 0. The van der Waals surface area contributed by atoms with Crippen LogP contribution in [-0.4, -0.2) is 25.7 Å². The third kappa shape index (κ3) is 5.17. The normalized spacial score (nSPS) is 16.6. The molecule has 3 rings (SSSR count). The van der Waals surface area contributed by atoms with E-state index in [9.17, 15) is 4.39 Å². The predicted molar refractivity (Wildman–Crippen MR) is 115 cm³/mol. The first-order valence-corrected chi connectivity index (χ1v) is 8.55. The van der Waals surface area contributed by atoms with Crippen LogP contribution in [0.15, 0.2) is 53.5 Å². The molecule has 0 aliphatic carbocycles. The van der Waals surface area contributed by atoms with Gasteiger partial charge in [-0.1, -0.05) is 29.8 Å². The number of guanidine groups is 1. The second kappa shape index (κ2) is 9.32. The Bertz CT molecular complexity index is 726. The van der Waals surface area contributed by atoms with Gasteiger partial charge in [0.15, 0.2) is 5.96 Å². The predicted octanol–water partition coefficient (Wildman–Crippen LogP) is 4.23. The average Bonchev–Trinajstić information content (AvgIpc) is 2.63. The van der Waals surface area contributed by atoms with Crippen LogP contribution in [0, 0.1) is 12.7 Å². The van der Waals surface area contributed by atoms with Gasteiger partial charge in [-0.3, -0.25) is 4.99 Å². The molecule has 0 unspecified atom stereocenters. The summed E-state index contributed by atoms with van der Waals surface area (Å²) in [6, 6.07) is 14.7. The monoisotopic (exact) mass is 469 g/mol. The lowest BCUT2D eigenvalue weighted by Crippen LogP contribution is -2.38. The van der Waals surface area contributed by atoms with Crippen LogP contribution in [0.4, 0.5) is 10.1 Å². The molecule has 0 amide bonds. The van der Waals surface area contributed by atoms with Gasteiger partial charge in [0.05, 0.1) is 6.54 Å². The zero-order valence-electron chi connectivity index (χ0n) is 14.9. The molecule has 6 heteroatoms. The molecule has 2 aromatic carbocycles. The minimum atomic E-state index is -0.227. The number of hydrogen-bond donors (Lipinski definition) is 2. The topological polar surface area (TPSA) is 59.6 Å². The minimum Gasteiger partial charge on any atom is -0.381 e. The number of benzene rings is 2. The second-order valence-electron chi connectivity index (χ2n) is 6.59. The Morgan fingerprint density at radius 2 is 1.73 bits per heavy atom. The molecule has 1 heterocycles. The fraction of sp³-hybridized carbons (Fsp3) is 0.350. The van der Waals surface area contributed by atoms with Gasteiger partial charge >= 0.3 is 0 Å². The van der Waals surface area contributed by atoms with Crippen LogP contribution < -0.4 is 11.1 Å². The first-order chi connectivity index (χ1) is 12.1. The van der Waals surface area contributed by atoms with Gasteiger partial charge in [0, 0.05) is 24.3 Å². The van der Waals surface area contributed by atoms with E-state index in [0.29, 0.717) is 25.7 Å². The first-order valence-electron chi connectivity index (χ1n) is 8.55. The van der Waals surface area contributed by atoms with E-state index in [1.807, 2.05) is 43.3 Å². The fourth-order valence-corrected chi connectivity index (χ4v) is 3.16. The molecule has 1 saturated heterocycles. The molecule has 0 spiro atoms. The number of aryl methyl sites for hydroxylation is 1. The lowest BCUT2D eigenvalue weighted by atomic mass is 9.74. The molecule has 1 fully saturated rings. The Morgan fingerprint density at radius 1 is 1.12 bits per heavy atom. The second-order valence-corrected chi connectivity index (χ2v) is 6.59. The van der Waals surface area contributed by atoms with Crippen molar-refractivity contribution in [3.63, 3.8) is 0 Å². The van der Waals surface area contributed by atoms with Crippen LogP contribution in [0.25, 0.3) is 0 Å². The number of halogens is 2. The van der Waals surface area contributed by atoms with E-state index < -0.39 is 0 Å². The Kier molecular flexibility index (Phi) is 7.40. The summed E-state index contributed by atoms with van der Waals surface area (Å²) in [6.07, 6.45) is 1.69. The van der Waals surface area contributed by atoms with Gasteiger partial charge in [0.1, 0.15) is 5.82 Å². The molecular weight excluding hydrogens is 444 g/mol. The van der Waals surface area contributed by atoms with Crippen molar-refractivity contribution in [1.82, 2.24) is 0 Å². The molecule has 1 aliphatic rings. The van der Waals surface area contributed by atoms with Crippen LogP contribution >= 0.6 is 24.0 Å². The number of ether oxygens (including phenoxy) is 1. The van der Waals surface area contributed by atoms with Crippen molar-refractivity contribution >= 4 is 35.6 Å². The Labute approximate surface area is 171 Å². The van der Waals surface area contributed by atoms with Crippen LogP contribution in [0.1, 0.15) is 24.0 Å². The third-order valence-corrected chi connectivity index (χ3v) is 4.78. The molecule has 0 aromatic heterocycles. The number of nitrogens with one attached hydrogen (secondary N) is 1. The Hall–Kier alpha value is -1.67. The summed E-state index contributed by atoms with van der Waals surface area (Å²) in [6.45, 7) is 3.95. The molecule has 0 radical (unpaired) electrons. The molecule has 140 valence electrons. The zero-order valence-corrected chi connectivity index (χ0v) is 17.2. The van der Waals surface area contributed by atoms with Crippen molar-refractivity contribution < 1.29 is 9.13 Å². The molecule has 0 bridgehead atoms. The highest BCUT2D eigenvalue weighted by molar-refractivity contribution is 14.0. The fourth-order valence-electron chi connectivity index (χ4n) is 3.16. The van der Waals surface area contributed by atoms with E-state index in [1.54, 1.807) is 0 Å². The van der Waals surface area contributed by atoms with Gasteiger partial charge in [-0.15, -0.1) is 24.0 Å². The maximum absolute atomic E-state index is 13.3. The smallest absolute Gasteiger partial charge is 0.193 e. The van der Waals surface area contributed by atoms with Crippen molar-refractivity contribution in [2.75, 3.05) is 25.1 Å². The van der Waals surface area contributed by atoms with Crippen molar-refractivity contribution in [2.24, 2.45) is 10.7 Å². The molecule has 4 nitrogen and oxygen atoms in total. The third-order valence-electron chi connectivity index (χ3n) is 4.78. The summed E-state index contributed by atoms with van der Waals surface area (Å²) in [5.74, 6) is 0.159. The van der Waals surface area contributed by atoms with E-state index in [0.717, 1.165) is 24.1 Å². The highest BCUT2D eigenvalue weighted by Crippen LogP contribution is 2.35.